The normalized spacial score (nSPS) is 20.2. The van der Waals surface area contributed by atoms with Crippen LogP contribution in [-0.4, -0.2) is 47.8 Å². The summed E-state index contributed by atoms with van der Waals surface area (Å²) in [5.41, 5.74) is 0. The standard InChI is InChI=1S/C23H35N3O3S/c1-15(2)16(3)24-22(28)20(25-21(27)19-9-6-14-30-19)17-10-12-26(13-11-17)23(29)18-7-4-5-8-18/h6,9,14-18,20H,4-5,7-8,10-13H2,1-3H3,(H,24,28)(H,25,27). The second-order valence-electron chi connectivity index (χ2n) is 9.11. The molecule has 0 spiro atoms. The van der Waals surface area contributed by atoms with E-state index in [4.69, 9.17) is 0 Å². The molecule has 1 saturated heterocycles. The van der Waals surface area contributed by atoms with Gasteiger partial charge in [0, 0.05) is 25.0 Å². The molecule has 1 aromatic rings. The quantitative estimate of drug-likeness (QED) is 0.691. The number of likely N-dealkylation sites (tertiary alicyclic amines) is 1. The van der Waals surface area contributed by atoms with Gasteiger partial charge in [0.1, 0.15) is 6.04 Å². The van der Waals surface area contributed by atoms with Crippen molar-refractivity contribution in [3.8, 4) is 0 Å². The summed E-state index contributed by atoms with van der Waals surface area (Å²) in [7, 11) is 0. The molecule has 3 amide bonds. The van der Waals surface area contributed by atoms with Gasteiger partial charge in [0.15, 0.2) is 0 Å². The third-order valence-electron chi connectivity index (χ3n) is 6.71. The average molecular weight is 434 g/mol. The van der Waals surface area contributed by atoms with E-state index in [2.05, 4.69) is 24.5 Å². The molecule has 1 saturated carbocycles. The molecule has 1 aliphatic carbocycles. The lowest BCUT2D eigenvalue weighted by molar-refractivity contribution is -0.137. The molecule has 0 bridgehead atoms. The van der Waals surface area contributed by atoms with Gasteiger partial charge in [-0.1, -0.05) is 32.8 Å². The van der Waals surface area contributed by atoms with Crippen molar-refractivity contribution in [2.24, 2.45) is 17.8 Å². The lowest BCUT2D eigenvalue weighted by Gasteiger charge is -2.37. The number of hydrogen-bond acceptors (Lipinski definition) is 4. The highest BCUT2D eigenvalue weighted by atomic mass is 32.1. The van der Waals surface area contributed by atoms with E-state index in [0.717, 1.165) is 38.5 Å². The number of carbonyl (C=O) groups excluding carboxylic acids is 3. The van der Waals surface area contributed by atoms with Crippen molar-refractivity contribution in [1.29, 1.82) is 0 Å². The zero-order valence-electron chi connectivity index (χ0n) is 18.4. The minimum absolute atomic E-state index is 0.0286. The number of amides is 3. The van der Waals surface area contributed by atoms with Crippen LogP contribution in [0.15, 0.2) is 17.5 Å². The molecule has 2 fully saturated rings. The van der Waals surface area contributed by atoms with E-state index in [9.17, 15) is 14.4 Å². The molecule has 2 heterocycles. The van der Waals surface area contributed by atoms with Crippen molar-refractivity contribution in [2.45, 2.75) is 71.4 Å². The summed E-state index contributed by atoms with van der Waals surface area (Å²) in [6.45, 7) is 7.45. The first-order valence-electron chi connectivity index (χ1n) is 11.3. The molecular formula is C23H35N3O3S. The smallest absolute Gasteiger partial charge is 0.262 e. The summed E-state index contributed by atoms with van der Waals surface area (Å²) in [6, 6.07) is 3.06. The SMILES string of the molecule is CC(C)C(C)NC(=O)C(NC(=O)c1cccs1)C1CCN(C(=O)C2CCCC2)CC1. The Morgan fingerprint density at radius 2 is 1.70 bits per heavy atom. The Balaban J connectivity index is 1.64. The number of thiophene rings is 1. The van der Waals surface area contributed by atoms with Crippen molar-refractivity contribution in [1.82, 2.24) is 15.5 Å². The third-order valence-corrected chi connectivity index (χ3v) is 7.58. The van der Waals surface area contributed by atoms with Gasteiger partial charge in [-0.3, -0.25) is 14.4 Å². The van der Waals surface area contributed by atoms with Crippen LogP contribution in [0.4, 0.5) is 0 Å². The topological polar surface area (TPSA) is 78.5 Å². The Hall–Kier alpha value is -1.89. The number of nitrogens with one attached hydrogen (secondary N) is 2. The Morgan fingerprint density at radius 1 is 1.03 bits per heavy atom. The zero-order valence-corrected chi connectivity index (χ0v) is 19.2. The fourth-order valence-corrected chi connectivity index (χ4v) is 5.01. The van der Waals surface area contributed by atoms with Gasteiger partial charge in [-0.2, -0.15) is 0 Å². The van der Waals surface area contributed by atoms with Gasteiger partial charge in [-0.05, 0) is 55.9 Å². The van der Waals surface area contributed by atoms with E-state index in [1.807, 2.05) is 23.3 Å². The molecule has 3 rings (SSSR count). The molecule has 7 heteroatoms. The summed E-state index contributed by atoms with van der Waals surface area (Å²) in [6.07, 6.45) is 5.78. The van der Waals surface area contributed by atoms with Crippen LogP contribution in [0.3, 0.4) is 0 Å². The number of carbonyl (C=O) groups is 3. The highest BCUT2D eigenvalue weighted by Crippen LogP contribution is 2.29. The first kappa shape index (κ1) is 22.8. The minimum Gasteiger partial charge on any atom is -0.352 e. The van der Waals surface area contributed by atoms with Crippen molar-refractivity contribution in [3.05, 3.63) is 22.4 Å². The molecule has 0 radical (unpaired) electrons. The van der Waals surface area contributed by atoms with Crippen LogP contribution in [0, 0.1) is 17.8 Å². The number of piperidine rings is 1. The fourth-order valence-electron chi connectivity index (χ4n) is 4.38. The van der Waals surface area contributed by atoms with Gasteiger partial charge in [-0.25, -0.2) is 0 Å². The monoisotopic (exact) mass is 433 g/mol. The first-order valence-corrected chi connectivity index (χ1v) is 12.2. The number of hydrogen-bond donors (Lipinski definition) is 2. The van der Waals surface area contributed by atoms with Crippen molar-refractivity contribution < 1.29 is 14.4 Å². The van der Waals surface area contributed by atoms with Crippen LogP contribution in [0.5, 0.6) is 0 Å². The largest absolute Gasteiger partial charge is 0.352 e. The molecule has 1 aliphatic heterocycles. The predicted octanol–water partition coefficient (Wildman–Crippen LogP) is 3.44. The Bertz CT molecular complexity index is 720. The second kappa shape index (κ2) is 10.4. The highest BCUT2D eigenvalue weighted by Gasteiger charge is 2.36. The lowest BCUT2D eigenvalue weighted by Crippen LogP contribution is -2.55. The molecule has 6 nitrogen and oxygen atoms in total. The van der Waals surface area contributed by atoms with Crippen LogP contribution in [-0.2, 0) is 9.59 Å². The minimum atomic E-state index is -0.579. The summed E-state index contributed by atoms with van der Waals surface area (Å²) in [5.74, 6) is 0.483. The maximum atomic E-state index is 13.1. The van der Waals surface area contributed by atoms with E-state index < -0.39 is 6.04 Å². The second-order valence-corrected chi connectivity index (χ2v) is 10.1. The van der Waals surface area contributed by atoms with E-state index in [0.29, 0.717) is 23.9 Å². The van der Waals surface area contributed by atoms with E-state index in [1.165, 1.54) is 11.3 Å². The average Bonchev–Trinajstić information content (AvgIpc) is 3.45. The summed E-state index contributed by atoms with van der Waals surface area (Å²) < 4.78 is 0. The summed E-state index contributed by atoms with van der Waals surface area (Å²) >= 11 is 1.37. The summed E-state index contributed by atoms with van der Waals surface area (Å²) in [5, 5.41) is 7.92. The van der Waals surface area contributed by atoms with Crippen LogP contribution in [0.25, 0.3) is 0 Å². The molecule has 30 heavy (non-hydrogen) atoms. The van der Waals surface area contributed by atoms with Gasteiger partial charge in [0.25, 0.3) is 5.91 Å². The Morgan fingerprint density at radius 3 is 2.27 bits per heavy atom. The maximum absolute atomic E-state index is 13.1. The highest BCUT2D eigenvalue weighted by molar-refractivity contribution is 7.12. The van der Waals surface area contributed by atoms with Crippen molar-refractivity contribution in [3.63, 3.8) is 0 Å². The number of nitrogens with zero attached hydrogens (tertiary/aromatic N) is 1. The van der Waals surface area contributed by atoms with Crippen LogP contribution in [0.2, 0.25) is 0 Å². The fraction of sp³-hybridized carbons (Fsp3) is 0.696. The molecule has 2 N–H and O–H groups in total. The van der Waals surface area contributed by atoms with E-state index in [1.54, 1.807) is 6.07 Å². The van der Waals surface area contributed by atoms with Gasteiger partial charge in [-0.15, -0.1) is 11.3 Å². The molecule has 2 unspecified atom stereocenters. The lowest BCUT2D eigenvalue weighted by atomic mass is 9.87. The van der Waals surface area contributed by atoms with Crippen LogP contribution < -0.4 is 10.6 Å². The summed E-state index contributed by atoms with van der Waals surface area (Å²) in [4.78, 5) is 41.1. The van der Waals surface area contributed by atoms with Crippen LogP contribution in [0.1, 0.15) is 69.0 Å². The van der Waals surface area contributed by atoms with E-state index >= 15 is 0 Å². The third kappa shape index (κ3) is 5.62. The Kier molecular flexibility index (Phi) is 7.92. The Labute approximate surface area is 183 Å². The molecule has 0 aromatic carbocycles. The predicted molar refractivity (Wildman–Crippen MR) is 119 cm³/mol. The van der Waals surface area contributed by atoms with Crippen molar-refractivity contribution in [2.75, 3.05) is 13.1 Å². The van der Waals surface area contributed by atoms with Gasteiger partial charge >= 0.3 is 0 Å². The van der Waals surface area contributed by atoms with Crippen molar-refractivity contribution >= 4 is 29.1 Å². The molecule has 166 valence electrons. The molecule has 2 atom stereocenters. The first-order chi connectivity index (χ1) is 14.4. The van der Waals surface area contributed by atoms with Gasteiger partial charge in [0.05, 0.1) is 4.88 Å². The van der Waals surface area contributed by atoms with Gasteiger partial charge < -0.3 is 15.5 Å². The number of rotatable bonds is 7. The molecular weight excluding hydrogens is 398 g/mol. The molecule has 2 aliphatic rings. The molecule has 1 aromatic heterocycles. The van der Waals surface area contributed by atoms with E-state index in [-0.39, 0.29) is 35.6 Å². The van der Waals surface area contributed by atoms with Gasteiger partial charge in [0.2, 0.25) is 11.8 Å². The van der Waals surface area contributed by atoms with Crippen LogP contribution >= 0.6 is 11.3 Å². The maximum Gasteiger partial charge on any atom is 0.262 e. The zero-order chi connectivity index (χ0) is 21.7.